The first-order valence-corrected chi connectivity index (χ1v) is 7.07. The van der Waals surface area contributed by atoms with Gasteiger partial charge >= 0.3 is 5.97 Å². The van der Waals surface area contributed by atoms with Crippen LogP contribution in [0.5, 0.6) is 0 Å². The molecule has 0 aliphatic rings. The summed E-state index contributed by atoms with van der Waals surface area (Å²) >= 11 is 2.68. The predicted octanol–water partition coefficient (Wildman–Crippen LogP) is 3.51. The number of hydrogen-bond acceptors (Lipinski definition) is 5. The summed E-state index contributed by atoms with van der Waals surface area (Å²) in [7, 11) is 0. The van der Waals surface area contributed by atoms with E-state index < -0.39 is 5.97 Å². The van der Waals surface area contributed by atoms with E-state index in [1.807, 2.05) is 11.4 Å². The number of aromatic carboxylic acids is 1. The number of aromatic nitrogens is 2. The van der Waals surface area contributed by atoms with Crippen LogP contribution in [0.25, 0.3) is 0 Å². The van der Waals surface area contributed by atoms with Crippen LogP contribution in [0, 0.1) is 0 Å². The van der Waals surface area contributed by atoms with Gasteiger partial charge in [0.1, 0.15) is 16.2 Å². The third-order valence-electron chi connectivity index (χ3n) is 2.26. The average Bonchev–Trinajstić information content (AvgIpc) is 2.78. The monoisotopic (exact) mass is 280 g/mol. The van der Waals surface area contributed by atoms with Gasteiger partial charge in [-0.15, -0.1) is 11.3 Å². The molecule has 0 spiro atoms. The Hall–Kier alpha value is -1.40. The van der Waals surface area contributed by atoms with Gasteiger partial charge in [0.2, 0.25) is 0 Å². The van der Waals surface area contributed by atoms with E-state index in [-0.39, 0.29) is 0 Å². The summed E-state index contributed by atoms with van der Waals surface area (Å²) in [6.07, 6.45) is 1.54. The van der Waals surface area contributed by atoms with Crippen molar-refractivity contribution in [2.75, 3.05) is 0 Å². The minimum absolute atomic E-state index is 0.343. The lowest BCUT2D eigenvalue weighted by atomic mass is 10.1. The Balaban J connectivity index is 2.17. The smallest absolute Gasteiger partial charge is 0.345 e. The molecule has 0 atom stereocenters. The molecule has 2 aromatic heterocycles. The molecule has 0 bridgehead atoms. The zero-order valence-corrected chi connectivity index (χ0v) is 11.6. The van der Waals surface area contributed by atoms with Gasteiger partial charge in [-0.2, -0.15) is 0 Å². The Bertz CT molecular complexity index is 567. The first-order valence-electron chi connectivity index (χ1n) is 5.38. The highest BCUT2D eigenvalue weighted by Crippen LogP contribution is 2.30. The van der Waals surface area contributed by atoms with E-state index in [4.69, 9.17) is 5.11 Å². The van der Waals surface area contributed by atoms with Crippen molar-refractivity contribution in [1.82, 2.24) is 9.97 Å². The number of carbonyl (C=O) groups is 1. The Kier molecular flexibility index (Phi) is 3.98. The van der Waals surface area contributed by atoms with Crippen molar-refractivity contribution in [3.63, 3.8) is 0 Å². The topological polar surface area (TPSA) is 63.1 Å². The molecule has 0 amide bonds. The van der Waals surface area contributed by atoms with Crippen LogP contribution in [0.2, 0.25) is 0 Å². The number of hydrogen-bond donors (Lipinski definition) is 1. The van der Waals surface area contributed by atoms with Crippen LogP contribution in [0.3, 0.4) is 0 Å². The average molecular weight is 280 g/mol. The Morgan fingerprint density at radius 3 is 2.78 bits per heavy atom. The third-order valence-corrected chi connectivity index (χ3v) is 4.23. The lowest BCUT2D eigenvalue weighted by molar-refractivity contribution is 0.0702. The second kappa shape index (κ2) is 5.49. The fourth-order valence-corrected chi connectivity index (χ4v) is 3.05. The van der Waals surface area contributed by atoms with Gasteiger partial charge in [0.05, 0.1) is 0 Å². The summed E-state index contributed by atoms with van der Waals surface area (Å²) in [5.74, 6) is -0.540. The van der Waals surface area contributed by atoms with Crippen molar-refractivity contribution < 1.29 is 9.90 Å². The van der Waals surface area contributed by atoms with Gasteiger partial charge in [0.25, 0.3) is 0 Å². The first kappa shape index (κ1) is 13.0. The van der Waals surface area contributed by atoms with Crippen LogP contribution in [-0.2, 0) is 0 Å². The second-order valence-electron chi connectivity index (χ2n) is 3.99. The largest absolute Gasteiger partial charge is 0.477 e. The maximum absolute atomic E-state index is 10.8. The minimum atomic E-state index is -0.891. The molecule has 0 aliphatic carbocycles. The lowest BCUT2D eigenvalue weighted by Gasteiger charge is -2.04. The molecule has 0 radical (unpaired) electrons. The molecule has 4 nitrogen and oxygen atoms in total. The molecule has 2 heterocycles. The summed E-state index contributed by atoms with van der Waals surface area (Å²) in [6.45, 7) is 4.15. The van der Waals surface area contributed by atoms with Crippen LogP contribution >= 0.6 is 23.1 Å². The molecule has 1 N–H and O–H groups in total. The van der Waals surface area contributed by atoms with E-state index >= 15 is 0 Å². The van der Waals surface area contributed by atoms with Crippen molar-refractivity contribution in [2.45, 2.75) is 29.7 Å². The highest BCUT2D eigenvalue weighted by molar-refractivity contribution is 7.99. The van der Waals surface area contributed by atoms with Crippen LogP contribution in [0.4, 0.5) is 0 Å². The molecule has 18 heavy (non-hydrogen) atoms. The molecule has 2 rings (SSSR count). The summed E-state index contributed by atoms with van der Waals surface area (Å²) in [5.41, 5.74) is 0.987. The summed E-state index contributed by atoms with van der Waals surface area (Å²) < 4.78 is 0. The van der Waals surface area contributed by atoms with Crippen molar-refractivity contribution >= 4 is 29.1 Å². The summed E-state index contributed by atoms with van der Waals surface area (Å²) in [4.78, 5) is 20.4. The molecule has 0 aromatic carbocycles. The van der Waals surface area contributed by atoms with E-state index in [0.29, 0.717) is 10.8 Å². The first-order chi connectivity index (χ1) is 8.56. The molecule has 0 fully saturated rings. The zero-order chi connectivity index (χ0) is 13.1. The van der Waals surface area contributed by atoms with E-state index in [9.17, 15) is 4.79 Å². The molecule has 0 aliphatic heterocycles. The predicted molar refractivity (Wildman–Crippen MR) is 71.5 cm³/mol. The van der Waals surface area contributed by atoms with Crippen LogP contribution in [0.15, 0.2) is 33.8 Å². The van der Waals surface area contributed by atoms with Crippen molar-refractivity contribution in [1.29, 1.82) is 0 Å². The number of carboxylic acids is 1. The van der Waals surface area contributed by atoms with E-state index in [0.717, 1.165) is 15.6 Å². The molecule has 0 unspecified atom stereocenters. The van der Waals surface area contributed by atoms with Crippen LogP contribution in [-0.4, -0.2) is 21.0 Å². The number of nitrogens with zero attached hydrogens (tertiary/aromatic N) is 2. The van der Waals surface area contributed by atoms with E-state index in [1.54, 1.807) is 12.4 Å². The number of rotatable bonds is 4. The van der Waals surface area contributed by atoms with Gasteiger partial charge in [-0.05, 0) is 18.1 Å². The van der Waals surface area contributed by atoms with Crippen molar-refractivity contribution in [3.05, 3.63) is 34.4 Å². The third kappa shape index (κ3) is 3.08. The van der Waals surface area contributed by atoms with Gasteiger partial charge in [0, 0.05) is 16.0 Å². The highest BCUT2D eigenvalue weighted by atomic mass is 32.2. The molecule has 0 saturated heterocycles. The van der Waals surface area contributed by atoms with Crippen molar-refractivity contribution in [3.8, 4) is 0 Å². The molecule has 94 valence electrons. The maximum atomic E-state index is 10.8. The van der Waals surface area contributed by atoms with Crippen LogP contribution in [0.1, 0.15) is 35.1 Å². The second-order valence-corrected chi connectivity index (χ2v) is 5.99. The van der Waals surface area contributed by atoms with Gasteiger partial charge in [0.15, 0.2) is 0 Å². The molecule has 6 heteroatoms. The summed E-state index contributed by atoms with van der Waals surface area (Å²) in [6, 6.07) is 3.60. The Labute approximate surface area is 113 Å². The molecular weight excluding hydrogens is 268 g/mol. The Morgan fingerprint density at radius 2 is 2.17 bits per heavy atom. The van der Waals surface area contributed by atoms with Gasteiger partial charge in [-0.25, -0.2) is 14.8 Å². The summed E-state index contributed by atoms with van der Waals surface area (Å²) in [5, 5.41) is 11.5. The normalized spacial score (nSPS) is 10.8. The van der Waals surface area contributed by atoms with Crippen LogP contribution < -0.4 is 0 Å². The highest BCUT2D eigenvalue weighted by Gasteiger charge is 2.09. The fourth-order valence-electron chi connectivity index (χ4n) is 1.33. The standard InChI is InChI=1S/C12H12N2O2S2/c1-7(2)9-4-11(14-6-13-9)18-8-3-10(12(15)16)17-5-8/h3-7H,1-2H3,(H,15,16). The Morgan fingerprint density at radius 1 is 1.39 bits per heavy atom. The van der Waals surface area contributed by atoms with Crippen molar-refractivity contribution in [2.24, 2.45) is 0 Å². The van der Waals surface area contributed by atoms with E-state index in [2.05, 4.69) is 23.8 Å². The number of thiophene rings is 1. The number of carboxylic acid groups (broad SMARTS) is 1. The lowest BCUT2D eigenvalue weighted by Crippen LogP contribution is -1.94. The fraction of sp³-hybridized carbons (Fsp3) is 0.250. The van der Waals surface area contributed by atoms with Gasteiger partial charge in [-0.3, -0.25) is 0 Å². The quantitative estimate of drug-likeness (QED) is 0.868. The maximum Gasteiger partial charge on any atom is 0.345 e. The van der Waals surface area contributed by atoms with Gasteiger partial charge < -0.3 is 5.11 Å². The zero-order valence-electron chi connectivity index (χ0n) is 9.95. The molecule has 0 saturated carbocycles. The van der Waals surface area contributed by atoms with Gasteiger partial charge in [-0.1, -0.05) is 25.6 Å². The SMILES string of the molecule is CC(C)c1cc(Sc2csc(C(=O)O)c2)ncn1. The minimum Gasteiger partial charge on any atom is -0.477 e. The molecular formula is C12H12N2O2S2. The van der Waals surface area contributed by atoms with E-state index in [1.165, 1.54) is 23.1 Å². The molecule has 2 aromatic rings.